The number of likely N-dealkylation sites (tertiary alicyclic amines) is 1. The van der Waals surface area contributed by atoms with Gasteiger partial charge in [0.15, 0.2) is 0 Å². The maximum atomic E-state index is 12.7. The maximum absolute atomic E-state index is 12.7. The van der Waals surface area contributed by atoms with E-state index in [-0.39, 0.29) is 23.4 Å². The number of H-pyrrole nitrogens is 1. The van der Waals surface area contributed by atoms with Gasteiger partial charge < -0.3 is 14.9 Å². The number of nitrogens with one attached hydrogen (secondary N) is 1. The Balaban J connectivity index is 1.54. The summed E-state index contributed by atoms with van der Waals surface area (Å²) in [4.78, 5) is 35.8. The molecule has 1 atom stereocenters. The first kappa shape index (κ1) is 24.2. The van der Waals surface area contributed by atoms with Gasteiger partial charge in [0.2, 0.25) is 11.8 Å². The van der Waals surface area contributed by atoms with Gasteiger partial charge in [0.05, 0.1) is 17.3 Å². The van der Waals surface area contributed by atoms with E-state index in [9.17, 15) is 14.7 Å². The number of likely N-dealkylation sites (N-methyl/N-ethyl adjacent to an activating group) is 1. The van der Waals surface area contributed by atoms with Crippen molar-refractivity contribution >= 4 is 51.2 Å². The number of hydrogen-bond donors (Lipinski definition) is 2. The zero-order valence-electron chi connectivity index (χ0n) is 19.2. The van der Waals surface area contributed by atoms with E-state index in [1.807, 2.05) is 66.4 Å². The Bertz CT molecular complexity index is 1310. The van der Waals surface area contributed by atoms with E-state index in [0.717, 1.165) is 40.8 Å². The third-order valence-electron chi connectivity index (χ3n) is 5.89. The van der Waals surface area contributed by atoms with Gasteiger partial charge in [-0.25, -0.2) is 0 Å². The molecule has 1 amide bonds. The number of halogens is 1. The third kappa shape index (κ3) is 5.39. The number of pyridine rings is 1. The van der Waals surface area contributed by atoms with Crippen LogP contribution in [0, 0.1) is 3.57 Å². The van der Waals surface area contributed by atoms with Crippen LogP contribution in [0.5, 0.6) is 5.88 Å². The first-order valence-corrected chi connectivity index (χ1v) is 12.2. The number of fused-ring (bicyclic) bond motifs is 1. The Morgan fingerprint density at radius 1 is 1.24 bits per heavy atom. The lowest BCUT2D eigenvalue weighted by molar-refractivity contribution is -0.126. The smallest absolute Gasteiger partial charge is 0.258 e. The van der Waals surface area contributed by atoms with E-state index in [2.05, 4.69) is 32.6 Å². The van der Waals surface area contributed by atoms with Crippen molar-refractivity contribution in [3.8, 4) is 5.88 Å². The zero-order valence-corrected chi connectivity index (χ0v) is 21.3. The summed E-state index contributed by atoms with van der Waals surface area (Å²) in [6, 6.07) is 13.3. The highest BCUT2D eigenvalue weighted by Crippen LogP contribution is 2.33. The van der Waals surface area contributed by atoms with E-state index in [4.69, 9.17) is 0 Å². The van der Waals surface area contributed by atoms with Crippen molar-refractivity contribution in [2.75, 3.05) is 27.2 Å². The van der Waals surface area contributed by atoms with Gasteiger partial charge >= 0.3 is 0 Å². The third-order valence-corrected chi connectivity index (χ3v) is 6.56. The Morgan fingerprint density at radius 2 is 2.00 bits per heavy atom. The highest BCUT2D eigenvalue weighted by Gasteiger charge is 2.28. The molecule has 0 radical (unpaired) electrons. The summed E-state index contributed by atoms with van der Waals surface area (Å²) in [5, 5.41) is 11.5. The highest BCUT2D eigenvalue weighted by atomic mass is 127. The van der Waals surface area contributed by atoms with Crippen molar-refractivity contribution in [3.63, 3.8) is 0 Å². The van der Waals surface area contributed by atoms with Crippen LogP contribution in [0.3, 0.4) is 0 Å². The van der Waals surface area contributed by atoms with Crippen LogP contribution in [-0.2, 0) is 4.79 Å². The molecule has 0 saturated carbocycles. The second-order valence-corrected chi connectivity index (χ2v) is 9.86. The summed E-state index contributed by atoms with van der Waals surface area (Å²) in [7, 11) is 3.94. The van der Waals surface area contributed by atoms with Gasteiger partial charge in [-0.05, 0) is 85.4 Å². The lowest BCUT2D eigenvalue weighted by Crippen LogP contribution is -2.29. The van der Waals surface area contributed by atoms with E-state index in [0.29, 0.717) is 16.3 Å². The van der Waals surface area contributed by atoms with Crippen molar-refractivity contribution in [1.82, 2.24) is 14.8 Å². The van der Waals surface area contributed by atoms with Crippen LogP contribution in [-0.4, -0.2) is 59.2 Å². The molecule has 1 fully saturated rings. The number of aliphatic imine (C=N–C) groups is 1. The molecule has 2 aromatic carbocycles. The van der Waals surface area contributed by atoms with Crippen LogP contribution in [0.4, 0.5) is 5.69 Å². The monoisotopic (exact) mass is 570 g/mol. The molecule has 0 spiro atoms. The number of carbonyl (C=O) groups is 1. The molecular formula is C26H27IN4O3. The molecule has 34 heavy (non-hydrogen) atoms. The van der Waals surface area contributed by atoms with Crippen LogP contribution in [0.25, 0.3) is 10.8 Å². The van der Waals surface area contributed by atoms with E-state index in [1.54, 1.807) is 18.4 Å². The molecule has 4 rings (SSSR count). The normalized spacial score (nSPS) is 16.5. The average Bonchev–Trinajstić information content (AvgIpc) is 3.29. The lowest BCUT2D eigenvalue weighted by atomic mass is 10.0. The number of aromatic hydroxyl groups is 1. The van der Waals surface area contributed by atoms with E-state index in [1.165, 1.54) is 0 Å². The molecule has 1 aliphatic heterocycles. The number of benzene rings is 2. The number of rotatable bonds is 6. The Labute approximate surface area is 212 Å². The van der Waals surface area contributed by atoms with Gasteiger partial charge in [-0.2, -0.15) is 0 Å². The van der Waals surface area contributed by atoms with Gasteiger partial charge in [0.1, 0.15) is 0 Å². The first-order valence-electron chi connectivity index (χ1n) is 11.1. The Hall–Kier alpha value is -2.98. The molecule has 2 N–H and O–H groups in total. The number of hydrogen-bond acceptors (Lipinski definition) is 5. The summed E-state index contributed by atoms with van der Waals surface area (Å²) in [6.45, 7) is 1.49. The lowest BCUT2D eigenvalue weighted by Gasteiger charge is -2.24. The summed E-state index contributed by atoms with van der Waals surface area (Å²) < 4.78 is 0.960. The summed E-state index contributed by atoms with van der Waals surface area (Å²) >= 11 is 2.17. The molecular weight excluding hydrogens is 543 g/mol. The zero-order chi connectivity index (χ0) is 24.2. The topological polar surface area (TPSA) is 89.0 Å². The van der Waals surface area contributed by atoms with Crippen LogP contribution >= 0.6 is 22.6 Å². The van der Waals surface area contributed by atoms with Gasteiger partial charge in [0, 0.05) is 39.7 Å². The maximum Gasteiger partial charge on any atom is 0.258 e. The van der Waals surface area contributed by atoms with Crippen LogP contribution in [0.1, 0.15) is 30.0 Å². The van der Waals surface area contributed by atoms with Crippen molar-refractivity contribution < 1.29 is 9.90 Å². The van der Waals surface area contributed by atoms with Gasteiger partial charge in [-0.1, -0.05) is 18.2 Å². The predicted molar refractivity (Wildman–Crippen MR) is 144 cm³/mol. The summed E-state index contributed by atoms with van der Waals surface area (Å²) in [5.74, 6) is -0.163. The van der Waals surface area contributed by atoms with Crippen molar-refractivity contribution in [1.29, 1.82) is 0 Å². The summed E-state index contributed by atoms with van der Waals surface area (Å²) in [5.41, 5.74) is 1.93. The molecule has 1 unspecified atom stereocenters. The fraction of sp³-hybridized carbons (Fsp3) is 0.269. The average molecular weight is 570 g/mol. The predicted octanol–water partition coefficient (Wildman–Crippen LogP) is 4.37. The Kier molecular flexibility index (Phi) is 7.47. The van der Waals surface area contributed by atoms with E-state index < -0.39 is 0 Å². The van der Waals surface area contributed by atoms with Gasteiger partial charge in [0.25, 0.3) is 5.56 Å². The standard InChI is InChI=1S/C26H27IN4O3/c1-30(2)13-4-6-24(32)31-14-3-5-23(31)17-7-10-19(11-8-17)28-16-22-21-15-18(27)9-12-20(21)25(33)29-26(22)34/h4,6-12,15-16,23H,3,5,13-14H2,1-2H3,(H2,29,33,34). The van der Waals surface area contributed by atoms with Gasteiger partial charge in [-0.15, -0.1) is 0 Å². The minimum atomic E-state index is -0.336. The number of aromatic amines is 1. The second kappa shape index (κ2) is 10.5. The molecule has 0 aliphatic carbocycles. The molecule has 1 saturated heterocycles. The van der Waals surface area contributed by atoms with Crippen LogP contribution in [0.2, 0.25) is 0 Å². The van der Waals surface area contributed by atoms with Crippen LogP contribution < -0.4 is 5.56 Å². The minimum absolute atomic E-state index is 0.0431. The quantitative estimate of drug-likeness (QED) is 0.262. The van der Waals surface area contributed by atoms with Crippen LogP contribution in [0.15, 0.2) is 64.4 Å². The SMILES string of the molecule is CN(C)CC=CC(=O)N1CCCC1c1ccc(N=Cc2c(O)[nH]c(=O)c3ccc(I)cc23)cc1. The largest absolute Gasteiger partial charge is 0.494 e. The summed E-state index contributed by atoms with van der Waals surface area (Å²) in [6.07, 6.45) is 7.05. The van der Waals surface area contributed by atoms with E-state index >= 15 is 0 Å². The molecule has 176 valence electrons. The number of nitrogens with zero attached hydrogens (tertiary/aromatic N) is 3. The number of aromatic nitrogens is 1. The molecule has 3 aromatic rings. The molecule has 0 bridgehead atoms. The highest BCUT2D eigenvalue weighted by molar-refractivity contribution is 14.1. The Morgan fingerprint density at radius 3 is 2.74 bits per heavy atom. The fourth-order valence-electron chi connectivity index (χ4n) is 4.20. The van der Waals surface area contributed by atoms with Crippen molar-refractivity contribution in [2.45, 2.75) is 18.9 Å². The van der Waals surface area contributed by atoms with Crippen molar-refractivity contribution in [3.05, 3.63) is 79.7 Å². The molecule has 7 nitrogen and oxygen atoms in total. The second-order valence-electron chi connectivity index (χ2n) is 8.61. The molecule has 1 aromatic heterocycles. The molecule has 1 aliphatic rings. The molecule has 2 heterocycles. The minimum Gasteiger partial charge on any atom is -0.494 e. The number of amides is 1. The first-order chi connectivity index (χ1) is 16.3. The van der Waals surface area contributed by atoms with Crippen molar-refractivity contribution in [2.24, 2.45) is 4.99 Å². The fourth-order valence-corrected chi connectivity index (χ4v) is 4.69. The molecule has 8 heteroatoms. The number of carbonyl (C=O) groups excluding carboxylic acids is 1. The van der Waals surface area contributed by atoms with Gasteiger partial charge in [-0.3, -0.25) is 19.6 Å².